The Morgan fingerprint density at radius 1 is 0.900 bits per heavy atom. The molecule has 0 bridgehead atoms. The van der Waals surface area contributed by atoms with Crippen LogP contribution in [0.25, 0.3) is 0 Å². The highest BCUT2D eigenvalue weighted by atomic mass is 15.4. The second kappa shape index (κ2) is 5.61. The second-order valence-electron chi connectivity index (χ2n) is 5.68. The van der Waals surface area contributed by atoms with Crippen LogP contribution in [0.5, 0.6) is 0 Å². The predicted molar refractivity (Wildman–Crippen MR) is 84.9 cm³/mol. The highest BCUT2D eigenvalue weighted by Gasteiger charge is 2.19. The molecule has 0 saturated carbocycles. The number of piperidine rings is 1. The van der Waals surface area contributed by atoms with Crippen molar-refractivity contribution in [3.63, 3.8) is 0 Å². The Morgan fingerprint density at radius 3 is 2.10 bits per heavy atom. The van der Waals surface area contributed by atoms with Gasteiger partial charge in [-0.05, 0) is 51.0 Å². The third kappa shape index (κ3) is 2.67. The van der Waals surface area contributed by atoms with Gasteiger partial charge < -0.3 is 10.3 Å². The van der Waals surface area contributed by atoms with Crippen molar-refractivity contribution in [3.05, 3.63) is 53.9 Å². The molecule has 0 amide bonds. The largest absolute Gasteiger partial charge is 0.371 e. The first-order valence-electron chi connectivity index (χ1n) is 7.45. The van der Waals surface area contributed by atoms with Gasteiger partial charge in [0.2, 0.25) is 0 Å². The molecule has 0 radical (unpaired) electrons. The molecule has 1 aliphatic heterocycles. The average Bonchev–Trinajstić information content (AvgIpc) is 2.81. The molecule has 0 atom stereocenters. The lowest BCUT2D eigenvalue weighted by Crippen LogP contribution is -2.42. The molecule has 2 heterocycles. The average molecular weight is 269 g/mol. The summed E-state index contributed by atoms with van der Waals surface area (Å²) in [7, 11) is 0. The van der Waals surface area contributed by atoms with Crippen molar-refractivity contribution >= 4 is 5.69 Å². The molecule has 1 N–H and O–H groups in total. The lowest BCUT2D eigenvalue weighted by Gasteiger charge is -2.35. The van der Waals surface area contributed by atoms with Crippen molar-refractivity contribution in [2.45, 2.75) is 32.7 Å². The van der Waals surface area contributed by atoms with Crippen molar-refractivity contribution in [3.8, 4) is 0 Å². The quantitative estimate of drug-likeness (QED) is 0.922. The van der Waals surface area contributed by atoms with Crippen LogP contribution in [0.1, 0.15) is 24.2 Å². The summed E-state index contributed by atoms with van der Waals surface area (Å²) in [6.07, 6.45) is 2.37. The first-order chi connectivity index (χ1) is 9.74. The number of rotatable bonds is 3. The summed E-state index contributed by atoms with van der Waals surface area (Å²) in [4.78, 5) is 2.48. The first kappa shape index (κ1) is 13.1. The van der Waals surface area contributed by atoms with E-state index in [-0.39, 0.29) is 0 Å². The number of hydrogen-bond donors (Lipinski definition) is 1. The summed E-state index contributed by atoms with van der Waals surface area (Å²) in [5.41, 5.74) is 7.58. The Hall–Kier alpha value is -1.90. The zero-order valence-electron chi connectivity index (χ0n) is 12.3. The van der Waals surface area contributed by atoms with E-state index >= 15 is 0 Å². The SMILES string of the molecule is Cc1ccc(C)n1NC1CCN(c2ccccc2)CC1. The first-order valence-corrected chi connectivity index (χ1v) is 7.45. The molecular weight excluding hydrogens is 246 g/mol. The Labute approximate surface area is 121 Å². The molecule has 1 aromatic carbocycles. The lowest BCUT2D eigenvalue weighted by atomic mass is 10.1. The van der Waals surface area contributed by atoms with Crippen molar-refractivity contribution in [2.75, 3.05) is 23.4 Å². The summed E-state index contributed by atoms with van der Waals surface area (Å²) in [5.74, 6) is 0. The van der Waals surface area contributed by atoms with Gasteiger partial charge in [-0.15, -0.1) is 0 Å². The van der Waals surface area contributed by atoms with E-state index in [1.54, 1.807) is 0 Å². The molecule has 0 aliphatic carbocycles. The Morgan fingerprint density at radius 2 is 1.50 bits per heavy atom. The molecule has 1 saturated heterocycles. The Bertz CT molecular complexity index is 531. The molecule has 1 aliphatic rings. The topological polar surface area (TPSA) is 20.2 Å². The third-order valence-corrected chi connectivity index (χ3v) is 4.20. The van der Waals surface area contributed by atoms with Crippen LogP contribution >= 0.6 is 0 Å². The number of nitrogens with zero attached hydrogens (tertiary/aromatic N) is 2. The van der Waals surface area contributed by atoms with Gasteiger partial charge in [-0.25, -0.2) is 0 Å². The van der Waals surface area contributed by atoms with Gasteiger partial charge in [0.15, 0.2) is 0 Å². The summed E-state index contributed by atoms with van der Waals surface area (Å²) in [5, 5.41) is 0. The van der Waals surface area contributed by atoms with Crippen molar-refractivity contribution in [2.24, 2.45) is 0 Å². The molecule has 20 heavy (non-hydrogen) atoms. The minimum absolute atomic E-state index is 0.569. The van der Waals surface area contributed by atoms with E-state index in [1.165, 1.54) is 29.9 Å². The fraction of sp³-hybridized carbons (Fsp3) is 0.412. The minimum Gasteiger partial charge on any atom is -0.371 e. The number of aromatic nitrogens is 1. The van der Waals surface area contributed by atoms with E-state index in [0.29, 0.717) is 6.04 Å². The molecule has 3 heteroatoms. The lowest BCUT2D eigenvalue weighted by molar-refractivity contribution is 0.489. The summed E-state index contributed by atoms with van der Waals surface area (Å²) in [6.45, 7) is 6.56. The maximum Gasteiger partial charge on any atom is 0.0458 e. The molecule has 1 fully saturated rings. The highest BCUT2D eigenvalue weighted by molar-refractivity contribution is 5.46. The zero-order chi connectivity index (χ0) is 13.9. The van der Waals surface area contributed by atoms with E-state index in [0.717, 1.165) is 13.1 Å². The number of aryl methyl sites for hydroxylation is 2. The molecule has 106 valence electrons. The van der Waals surface area contributed by atoms with E-state index in [4.69, 9.17) is 0 Å². The Balaban J connectivity index is 1.59. The molecular formula is C17H23N3. The van der Waals surface area contributed by atoms with E-state index in [9.17, 15) is 0 Å². The van der Waals surface area contributed by atoms with E-state index in [1.807, 2.05) is 0 Å². The second-order valence-corrected chi connectivity index (χ2v) is 5.68. The number of hydrogen-bond acceptors (Lipinski definition) is 2. The molecule has 1 aromatic heterocycles. The van der Waals surface area contributed by atoms with Crippen molar-refractivity contribution in [1.82, 2.24) is 4.68 Å². The Kier molecular flexibility index (Phi) is 3.68. The highest BCUT2D eigenvalue weighted by Crippen LogP contribution is 2.20. The number of para-hydroxylation sites is 1. The summed E-state index contributed by atoms with van der Waals surface area (Å²) in [6, 6.07) is 15.6. The fourth-order valence-electron chi connectivity index (χ4n) is 2.96. The minimum atomic E-state index is 0.569. The molecule has 3 rings (SSSR count). The van der Waals surface area contributed by atoms with Gasteiger partial charge in [-0.2, -0.15) is 0 Å². The van der Waals surface area contributed by atoms with Crippen molar-refractivity contribution < 1.29 is 0 Å². The van der Waals surface area contributed by atoms with Crippen LogP contribution in [-0.2, 0) is 0 Å². The van der Waals surface area contributed by atoms with Gasteiger partial charge in [0.1, 0.15) is 0 Å². The van der Waals surface area contributed by atoms with Crippen molar-refractivity contribution in [1.29, 1.82) is 0 Å². The van der Waals surface area contributed by atoms with Crippen LogP contribution in [0.3, 0.4) is 0 Å². The fourth-order valence-corrected chi connectivity index (χ4v) is 2.96. The van der Waals surface area contributed by atoms with Crippen LogP contribution in [0.4, 0.5) is 5.69 Å². The van der Waals surface area contributed by atoms with Crippen LogP contribution in [0.15, 0.2) is 42.5 Å². The normalized spacial score (nSPS) is 16.4. The monoisotopic (exact) mass is 269 g/mol. The molecule has 3 nitrogen and oxygen atoms in total. The van der Waals surface area contributed by atoms with Gasteiger partial charge in [0, 0.05) is 36.2 Å². The van der Waals surface area contributed by atoms with Gasteiger partial charge in [-0.3, -0.25) is 4.68 Å². The number of benzene rings is 1. The van der Waals surface area contributed by atoms with E-state index < -0.39 is 0 Å². The smallest absolute Gasteiger partial charge is 0.0458 e. The van der Waals surface area contributed by atoms with E-state index in [2.05, 4.69) is 71.3 Å². The molecule has 0 spiro atoms. The summed E-state index contributed by atoms with van der Waals surface area (Å²) >= 11 is 0. The van der Waals surface area contributed by atoms with Crippen LogP contribution in [0.2, 0.25) is 0 Å². The van der Waals surface area contributed by atoms with Gasteiger partial charge in [-0.1, -0.05) is 18.2 Å². The zero-order valence-corrected chi connectivity index (χ0v) is 12.3. The van der Waals surface area contributed by atoms with Gasteiger partial charge in [0.05, 0.1) is 0 Å². The maximum absolute atomic E-state index is 3.66. The molecule has 0 unspecified atom stereocenters. The van der Waals surface area contributed by atoms with Crippen LogP contribution < -0.4 is 10.3 Å². The van der Waals surface area contributed by atoms with Crippen LogP contribution in [-0.4, -0.2) is 23.8 Å². The van der Waals surface area contributed by atoms with Crippen LogP contribution in [0, 0.1) is 13.8 Å². The molecule has 2 aromatic rings. The van der Waals surface area contributed by atoms with Gasteiger partial charge in [0.25, 0.3) is 0 Å². The van der Waals surface area contributed by atoms with Gasteiger partial charge >= 0.3 is 0 Å². The number of nitrogens with one attached hydrogen (secondary N) is 1. The maximum atomic E-state index is 3.66. The standard InChI is InChI=1S/C17H23N3/c1-14-8-9-15(2)20(14)18-16-10-12-19(13-11-16)17-6-4-3-5-7-17/h3-9,16,18H,10-13H2,1-2H3. The third-order valence-electron chi connectivity index (χ3n) is 4.20. The summed E-state index contributed by atoms with van der Waals surface area (Å²) < 4.78 is 2.23. The predicted octanol–water partition coefficient (Wildman–Crippen LogP) is 3.32. The number of anilines is 1.